The number of halogens is 1. The molecule has 0 fully saturated rings. The molecule has 0 heterocycles. The van der Waals surface area contributed by atoms with Crippen molar-refractivity contribution in [2.24, 2.45) is 5.92 Å². The third-order valence-electron chi connectivity index (χ3n) is 6.65. The van der Waals surface area contributed by atoms with Crippen molar-refractivity contribution < 1.29 is 9.59 Å². The minimum absolute atomic E-state index is 0.0505. The highest BCUT2D eigenvalue weighted by Gasteiger charge is 2.30. The van der Waals surface area contributed by atoms with Crippen molar-refractivity contribution in [1.29, 1.82) is 0 Å². The van der Waals surface area contributed by atoms with Crippen LogP contribution >= 0.6 is 11.6 Å². The molecule has 38 heavy (non-hydrogen) atoms. The van der Waals surface area contributed by atoms with Crippen LogP contribution in [0, 0.1) is 5.92 Å². The average Bonchev–Trinajstić information content (AvgIpc) is 2.88. The van der Waals surface area contributed by atoms with Crippen LogP contribution in [0.1, 0.15) is 63.3 Å². The van der Waals surface area contributed by atoms with Crippen LogP contribution in [-0.4, -0.2) is 29.3 Å². The summed E-state index contributed by atoms with van der Waals surface area (Å²) < 4.78 is 0. The maximum atomic E-state index is 13.8. The van der Waals surface area contributed by atoms with Gasteiger partial charge in [-0.3, -0.25) is 9.59 Å². The molecule has 2 amide bonds. The lowest BCUT2D eigenvalue weighted by Crippen LogP contribution is -2.51. The van der Waals surface area contributed by atoms with Crippen LogP contribution in [0.2, 0.25) is 5.02 Å². The fourth-order valence-electron chi connectivity index (χ4n) is 4.37. The number of hydrogen-bond acceptors (Lipinski definition) is 2. The molecule has 3 aromatic carbocycles. The third-order valence-corrected chi connectivity index (χ3v) is 6.88. The van der Waals surface area contributed by atoms with Crippen LogP contribution in [0.3, 0.4) is 0 Å². The lowest BCUT2D eigenvalue weighted by Gasteiger charge is -2.32. The van der Waals surface area contributed by atoms with E-state index in [4.69, 9.17) is 11.6 Å². The largest absolute Gasteiger partial charge is 0.354 e. The minimum Gasteiger partial charge on any atom is -0.354 e. The molecule has 0 unspecified atom stereocenters. The molecule has 5 heteroatoms. The third kappa shape index (κ3) is 9.02. The lowest BCUT2D eigenvalue weighted by atomic mass is 9.86. The highest BCUT2D eigenvalue weighted by Crippen LogP contribution is 2.23. The van der Waals surface area contributed by atoms with E-state index in [1.165, 1.54) is 5.56 Å². The van der Waals surface area contributed by atoms with E-state index in [-0.39, 0.29) is 17.2 Å². The van der Waals surface area contributed by atoms with Crippen molar-refractivity contribution in [3.63, 3.8) is 0 Å². The summed E-state index contributed by atoms with van der Waals surface area (Å²) in [5.74, 6) is 0.127. The standard InChI is InChI=1S/C33H41ClN2O2/c1-24(2)22-35-32(38)30(21-26-10-7-6-8-11-26)36(23-27-12-9-13-29(34)20-27)31(37)19-16-25-14-17-28(18-15-25)33(3,4)5/h6-15,17-18,20,24,30H,16,19,21-23H2,1-5H3,(H,35,38)/t30-/m1/s1. The summed E-state index contributed by atoms with van der Waals surface area (Å²) in [5, 5.41) is 3.68. The first-order valence-corrected chi connectivity index (χ1v) is 13.9. The molecule has 0 aliphatic carbocycles. The Hall–Kier alpha value is -3.11. The first kappa shape index (κ1) is 29.4. The second-order valence-corrected chi connectivity index (χ2v) is 11.9. The summed E-state index contributed by atoms with van der Waals surface area (Å²) in [5.41, 5.74) is 4.36. The van der Waals surface area contributed by atoms with Gasteiger partial charge in [0.2, 0.25) is 11.8 Å². The van der Waals surface area contributed by atoms with Crippen LogP contribution in [0.5, 0.6) is 0 Å². The molecule has 0 radical (unpaired) electrons. The second-order valence-electron chi connectivity index (χ2n) is 11.4. The van der Waals surface area contributed by atoms with Gasteiger partial charge in [0.25, 0.3) is 0 Å². The molecule has 0 bridgehead atoms. The number of carbonyl (C=O) groups is 2. The molecule has 0 aliphatic rings. The molecular weight excluding hydrogens is 492 g/mol. The molecule has 0 spiro atoms. The van der Waals surface area contributed by atoms with E-state index in [1.807, 2.05) is 54.6 Å². The highest BCUT2D eigenvalue weighted by atomic mass is 35.5. The Balaban J connectivity index is 1.87. The van der Waals surface area contributed by atoms with E-state index in [2.05, 4.69) is 64.2 Å². The molecule has 0 saturated heterocycles. The van der Waals surface area contributed by atoms with Crippen LogP contribution < -0.4 is 5.32 Å². The molecule has 3 aromatic rings. The minimum atomic E-state index is -0.633. The predicted molar refractivity (Wildman–Crippen MR) is 157 cm³/mol. The lowest BCUT2D eigenvalue weighted by molar-refractivity contribution is -0.141. The number of rotatable bonds is 11. The summed E-state index contributed by atoms with van der Waals surface area (Å²) in [6.45, 7) is 11.6. The zero-order valence-electron chi connectivity index (χ0n) is 23.3. The first-order valence-electron chi connectivity index (χ1n) is 13.5. The van der Waals surface area contributed by atoms with Gasteiger partial charge in [0, 0.05) is 31.0 Å². The van der Waals surface area contributed by atoms with E-state index in [9.17, 15) is 9.59 Å². The van der Waals surface area contributed by atoms with E-state index in [1.54, 1.807) is 4.90 Å². The van der Waals surface area contributed by atoms with Crippen molar-refractivity contribution >= 4 is 23.4 Å². The molecule has 4 nitrogen and oxygen atoms in total. The maximum Gasteiger partial charge on any atom is 0.243 e. The fraction of sp³-hybridized carbons (Fsp3) is 0.394. The SMILES string of the molecule is CC(C)CNC(=O)[C@@H](Cc1ccccc1)N(Cc1cccc(Cl)c1)C(=O)CCc1ccc(C(C)(C)C)cc1. The summed E-state index contributed by atoms with van der Waals surface area (Å²) in [6, 6.07) is 25.2. The topological polar surface area (TPSA) is 49.4 Å². The highest BCUT2D eigenvalue weighted by molar-refractivity contribution is 6.30. The maximum absolute atomic E-state index is 13.8. The van der Waals surface area contributed by atoms with Crippen LogP contribution in [0.15, 0.2) is 78.9 Å². The van der Waals surface area contributed by atoms with Crippen molar-refractivity contribution in [2.75, 3.05) is 6.54 Å². The van der Waals surface area contributed by atoms with E-state index in [0.29, 0.717) is 43.3 Å². The number of amides is 2. The Morgan fingerprint density at radius 2 is 1.53 bits per heavy atom. The normalized spacial score (nSPS) is 12.3. The van der Waals surface area contributed by atoms with E-state index >= 15 is 0 Å². The van der Waals surface area contributed by atoms with Crippen molar-refractivity contribution in [1.82, 2.24) is 10.2 Å². The Kier molecular flexibility index (Phi) is 10.6. The first-order chi connectivity index (χ1) is 18.0. The quantitative estimate of drug-likeness (QED) is 0.289. The number of benzene rings is 3. The van der Waals surface area contributed by atoms with Gasteiger partial charge in [-0.15, -0.1) is 0 Å². The van der Waals surface area contributed by atoms with Crippen LogP contribution in [-0.2, 0) is 34.4 Å². The fourth-order valence-corrected chi connectivity index (χ4v) is 4.59. The Labute approximate surface area is 233 Å². The molecule has 1 N–H and O–H groups in total. The average molecular weight is 533 g/mol. The van der Waals surface area contributed by atoms with Gasteiger partial charge in [-0.05, 0) is 52.1 Å². The number of hydrogen-bond donors (Lipinski definition) is 1. The summed E-state index contributed by atoms with van der Waals surface area (Å²) in [6.07, 6.45) is 1.37. The van der Waals surface area contributed by atoms with Gasteiger partial charge in [0.05, 0.1) is 0 Å². The molecule has 0 aliphatic heterocycles. The van der Waals surface area contributed by atoms with Gasteiger partial charge in [-0.25, -0.2) is 0 Å². The smallest absolute Gasteiger partial charge is 0.243 e. The predicted octanol–water partition coefficient (Wildman–Crippen LogP) is 6.98. The number of nitrogens with one attached hydrogen (secondary N) is 1. The zero-order valence-corrected chi connectivity index (χ0v) is 24.1. The van der Waals surface area contributed by atoms with E-state index < -0.39 is 6.04 Å². The summed E-state index contributed by atoms with van der Waals surface area (Å²) in [4.78, 5) is 29.1. The molecule has 1 atom stereocenters. The molecule has 0 aromatic heterocycles. The summed E-state index contributed by atoms with van der Waals surface area (Å²) >= 11 is 6.27. The number of nitrogens with zero attached hydrogens (tertiary/aromatic N) is 1. The van der Waals surface area contributed by atoms with Gasteiger partial charge < -0.3 is 10.2 Å². The van der Waals surface area contributed by atoms with E-state index in [0.717, 1.165) is 16.7 Å². The van der Waals surface area contributed by atoms with Gasteiger partial charge in [-0.1, -0.05) is 113 Å². The van der Waals surface area contributed by atoms with Crippen LogP contribution in [0.4, 0.5) is 0 Å². The number of carbonyl (C=O) groups excluding carboxylic acids is 2. The van der Waals surface area contributed by atoms with Crippen molar-refractivity contribution in [3.8, 4) is 0 Å². The van der Waals surface area contributed by atoms with Gasteiger partial charge in [-0.2, -0.15) is 0 Å². The second kappa shape index (κ2) is 13.6. The Morgan fingerprint density at radius 3 is 2.13 bits per heavy atom. The molecular formula is C33H41ClN2O2. The summed E-state index contributed by atoms with van der Waals surface area (Å²) in [7, 11) is 0. The molecule has 0 saturated carbocycles. The number of aryl methyl sites for hydroxylation is 1. The zero-order chi connectivity index (χ0) is 27.7. The van der Waals surface area contributed by atoms with Crippen LogP contribution in [0.25, 0.3) is 0 Å². The van der Waals surface area contributed by atoms with Crippen molar-refractivity contribution in [3.05, 3.63) is 106 Å². The van der Waals surface area contributed by atoms with Gasteiger partial charge in [0.15, 0.2) is 0 Å². The molecule has 3 rings (SSSR count). The van der Waals surface area contributed by atoms with Gasteiger partial charge in [0.1, 0.15) is 6.04 Å². The monoisotopic (exact) mass is 532 g/mol. The Morgan fingerprint density at radius 1 is 0.868 bits per heavy atom. The van der Waals surface area contributed by atoms with Gasteiger partial charge >= 0.3 is 0 Å². The van der Waals surface area contributed by atoms with Crippen molar-refractivity contribution in [2.45, 2.75) is 71.9 Å². The Bertz CT molecular complexity index is 1180. The molecule has 202 valence electrons.